The lowest BCUT2D eigenvalue weighted by Crippen LogP contribution is -2.37. The van der Waals surface area contributed by atoms with Crippen molar-refractivity contribution in [3.05, 3.63) is 360 Å². The molecule has 2 aliphatic rings. The Morgan fingerprint density at radius 1 is 0.240 bits per heavy atom. The van der Waals surface area contributed by atoms with Gasteiger partial charge >= 0.3 is 0 Å². The fraction of sp³-hybridized carbons (Fsp3) is 0.0889. The molecule has 14 aromatic carbocycles. The van der Waals surface area contributed by atoms with Crippen LogP contribution in [0, 0.1) is 0 Å². The third-order valence-corrected chi connectivity index (χ3v) is 27.2. The summed E-state index contributed by atoms with van der Waals surface area (Å²) in [5.74, 6) is 0. The molecule has 0 amide bonds. The number of hydrogen-bond acceptors (Lipinski definition) is 4. The van der Waals surface area contributed by atoms with Crippen LogP contribution in [0.3, 0.4) is 0 Å². The van der Waals surface area contributed by atoms with Crippen LogP contribution in [0.15, 0.2) is 315 Å². The Morgan fingerprint density at radius 2 is 0.542 bits per heavy atom. The highest BCUT2D eigenvalue weighted by Gasteiger charge is 2.48. The zero-order valence-electron chi connectivity index (χ0n) is 54.7. The molecule has 0 bridgehead atoms. The lowest BCUT2D eigenvalue weighted by atomic mass is 9.67. The molecule has 0 unspecified atom stereocenters. The summed E-state index contributed by atoms with van der Waals surface area (Å²) in [4.78, 5) is 4.98. The molecule has 0 spiro atoms. The van der Waals surface area contributed by atoms with Gasteiger partial charge in [-0.05, 0) is 175 Å². The van der Waals surface area contributed by atoms with Crippen LogP contribution in [0.4, 0.5) is 34.1 Å². The molecule has 18 rings (SSSR count). The second-order valence-corrected chi connectivity index (χ2v) is 40.7. The first-order chi connectivity index (χ1) is 46.8. The summed E-state index contributed by atoms with van der Waals surface area (Å²) < 4.78 is 5.14. The normalized spacial score (nSPS) is 13.7. The first-order valence-electron chi connectivity index (χ1n) is 33.6. The highest BCUT2D eigenvalue weighted by molar-refractivity contribution is 7.26. The monoisotopic (exact) mass is 1300 g/mol. The predicted molar refractivity (Wildman–Crippen MR) is 420 cm³/mol. The van der Waals surface area contributed by atoms with Crippen LogP contribution in [-0.2, 0) is 10.8 Å². The number of nitrogens with zero attached hydrogens (tertiary/aromatic N) is 2. The van der Waals surface area contributed by atoms with E-state index < -0.39 is 27.0 Å². The summed E-state index contributed by atoms with van der Waals surface area (Å²) in [5, 5.41) is 10.6. The van der Waals surface area contributed by atoms with Crippen LogP contribution >= 0.6 is 22.7 Å². The maximum atomic E-state index is 2.49. The van der Waals surface area contributed by atoms with Crippen LogP contribution in [-0.4, -0.2) is 16.1 Å². The van der Waals surface area contributed by atoms with Gasteiger partial charge in [0.15, 0.2) is 0 Å². The second-order valence-electron chi connectivity index (χ2n) is 28.4. The Labute approximate surface area is 572 Å². The van der Waals surface area contributed by atoms with Crippen molar-refractivity contribution in [2.24, 2.45) is 0 Å². The van der Waals surface area contributed by atoms with Gasteiger partial charge in [-0.25, -0.2) is 0 Å². The summed E-state index contributed by atoms with van der Waals surface area (Å²) in [6, 6.07) is 120. The maximum absolute atomic E-state index is 2.49. The lowest BCUT2D eigenvalue weighted by Gasteiger charge is -2.35. The summed E-state index contributed by atoms with van der Waals surface area (Å²) >= 11 is 3.80. The van der Waals surface area contributed by atoms with Gasteiger partial charge in [0.1, 0.15) is 0 Å². The van der Waals surface area contributed by atoms with Crippen molar-refractivity contribution >= 4 is 134 Å². The molecule has 0 radical (unpaired) electrons. The third-order valence-electron chi connectivity index (χ3n) is 20.9. The van der Waals surface area contributed by atoms with Crippen LogP contribution in [0.25, 0.3) is 73.4 Å². The average Bonchev–Trinajstić information content (AvgIpc) is 1.54. The molecular weight excluding hydrogens is 1230 g/mol. The SMILES string of the molecule is C[Si](C)(C)c1ccc(N(c2cccc(C3(c4ccccc4)c4ccccc4-c4ccccc43)c2)c2ccc3c(c2)sc2cc4cc5sc6cc(N(c7ccc([Si](C)(C)C)cc7)c7cccc(C8(c9ccccc9)c9ccccc9-c9ccccc98)c7)ccc6c5cc4cc23)cc1. The van der Waals surface area contributed by atoms with Crippen LogP contribution < -0.4 is 20.2 Å². The van der Waals surface area contributed by atoms with Crippen molar-refractivity contribution in [3.8, 4) is 22.3 Å². The van der Waals surface area contributed by atoms with E-state index in [1.54, 1.807) is 0 Å². The second kappa shape index (κ2) is 22.2. The van der Waals surface area contributed by atoms with E-state index in [0.717, 1.165) is 34.1 Å². The Bertz CT molecular complexity index is 5310. The standard InChI is InChI=1S/C90H70N2S2Si2/c1-95(2,3)71-45-39-65(40-46-71)91(67-29-21-27-63(55-67)89(61-23-9-7-10-24-61)81-35-17-13-31-73(81)74-32-14-18-36-82(74)89)69-43-49-77-79-51-59-52-80-78-50-44-70(58-88(78)94-86(80)54-60(59)53-85(79)93-87(77)57-69)92(66-41-47-72(48-42-66)96(4,5)6)68-30-22-28-64(56-68)90(62-25-11-8-12-26-62)83-37-19-15-33-75(83)76-34-16-20-38-84(76)90/h7-58H,1-6H3. The van der Waals surface area contributed by atoms with Crippen LogP contribution in [0.2, 0.25) is 39.3 Å². The molecule has 0 saturated carbocycles. The van der Waals surface area contributed by atoms with Crippen molar-refractivity contribution in [1.82, 2.24) is 0 Å². The molecule has 0 N–H and O–H groups in total. The highest BCUT2D eigenvalue weighted by Crippen LogP contribution is 2.59. The number of fused-ring (bicyclic) bond motifs is 13. The summed E-state index contributed by atoms with van der Waals surface area (Å²) in [6.07, 6.45) is 0. The molecule has 96 heavy (non-hydrogen) atoms. The third kappa shape index (κ3) is 9.06. The Kier molecular flexibility index (Phi) is 13.5. The van der Waals surface area contributed by atoms with Gasteiger partial charge in [-0.15, -0.1) is 22.7 Å². The van der Waals surface area contributed by atoms with Crippen molar-refractivity contribution in [2.45, 2.75) is 50.1 Å². The lowest BCUT2D eigenvalue weighted by molar-refractivity contribution is 0.768. The van der Waals surface area contributed by atoms with E-state index >= 15 is 0 Å². The fourth-order valence-corrected chi connectivity index (χ4v) is 21.0. The van der Waals surface area contributed by atoms with Gasteiger partial charge < -0.3 is 9.80 Å². The molecule has 6 heteroatoms. The van der Waals surface area contributed by atoms with E-state index in [1.165, 1.54) is 128 Å². The minimum Gasteiger partial charge on any atom is -0.310 e. The molecule has 2 nitrogen and oxygen atoms in total. The molecule has 0 fully saturated rings. The fourth-order valence-electron chi connectivity index (χ4n) is 16.3. The smallest absolute Gasteiger partial charge is 0.0775 e. The number of thiophene rings is 2. The van der Waals surface area contributed by atoms with Gasteiger partial charge in [0.2, 0.25) is 0 Å². The van der Waals surface area contributed by atoms with Gasteiger partial charge in [-0.2, -0.15) is 0 Å². The zero-order valence-corrected chi connectivity index (χ0v) is 58.4. The van der Waals surface area contributed by atoms with Gasteiger partial charge in [-0.1, -0.05) is 268 Å². The highest BCUT2D eigenvalue weighted by atomic mass is 32.1. The molecular formula is C90H70N2S2Si2. The summed E-state index contributed by atoms with van der Waals surface area (Å²) in [7, 11) is -3.16. The molecule has 2 aromatic heterocycles. The van der Waals surface area contributed by atoms with E-state index in [4.69, 9.17) is 0 Å². The van der Waals surface area contributed by atoms with Crippen molar-refractivity contribution in [2.75, 3.05) is 9.80 Å². The molecule has 460 valence electrons. The van der Waals surface area contributed by atoms with Crippen molar-refractivity contribution in [1.29, 1.82) is 0 Å². The number of hydrogen-bond donors (Lipinski definition) is 0. The quantitative estimate of drug-likeness (QED) is 0.113. The first-order valence-corrected chi connectivity index (χ1v) is 42.2. The van der Waals surface area contributed by atoms with E-state index in [-0.39, 0.29) is 0 Å². The largest absolute Gasteiger partial charge is 0.310 e. The number of benzene rings is 14. The summed E-state index contributed by atoms with van der Waals surface area (Å²) in [6.45, 7) is 14.6. The predicted octanol–water partition coefficient (Wildman–Crippen LogP) is 24.3. The Hall–Kier alpha value is -10.2. The molecule has 0 atom stereocenters. The van der Waals surface area contributed by atoms with Gasteiger partial charge in [0.05, 0.1) is 27.0 Å². The van der Waals surface area contributed by atoms with E-state index in [0.29, 0.717) is 0 Å². The number of anilines is 6. The first kappa shape index (κ1) is 58.4. The van der Waals surface area contributed by atoms with Crippen LogP contribution in [0.1, 0.15) is 44.5 Å². The zero-order chi connectivity index (χ0) is 64.7. The van der Waals surface area contributed by atoms with Crippen molar-refractivity contribution < 1.29 is 0 Å². The molecule has 2 heterocycles. The van der Waals surface area contributed by atoms with Crippen LogP contribution in [0.5, 0.6) is 0 Å². The van der Waals surface area contributed by atoms with Gasteiger partial charge in [-0.3, -0.25) is 0 Å². The Morgan fingerprint density at radius 3 is 0.906 bits per heavy atom. The molecule has 2 aliphatic carbocycles. The van der Waals surface area contributed by atoms with Gasteiger partial charge in [0.25, 0.3) is 0 Å². The maximum Gasteiger partial charge on any atom is 0.0775 e. The minimum atomic E-state index is -1.58. The Balaban J connectivity index is 0.744. The molecule has 0 saturated heterocycles. The average molecular weight is 1300 g/mol. The minimum absolute atomic E-state index is 0.514. The number of rotatable bonds is 12. The van der Waals surface area contributed by atoms with Crippen molar-refractivity contribution in [3.63, 3.8) is 0 Å². The molecule has 0 aliphatic heterocycles. The molecule has 16 aromatic rings. The van der Waals surface area contributed by atoms with E-state index in [2.05, 4.69) is 365 Å². The van der Waals surface area contributed by atoms with E-state index in [9.17, 15) is 0 Å². The topological polar surface area (TPSA) is 6.48 Å². The summed E-state index contributed by atoms with van der Waals surface area (Å²) in [5.41, 5.74) is 21.3. The van der Waals surface area contributed by atoms with E-state index in [1.807, 2.05) is 22.7 Å². The van der Waals surface area contributed by atoms with Gasteiger partial charge in [0, 0.05) is 74.5 Å².